The molecule has 0 spiro atoms. The Morgan fingerprint density at radius 2 is 1.87 bits per heavy atom. The summed E-state index contributed by atoms with van der Waals surface area (Å²) in [5.41, 5.74) is 2.27. The molecule has 0 aliphatic carbocycles. The number of nitrogens with one attached hydrogen (secondary N) is 1. The van der Waals surface area contributed by atoms with Crippen LogP contribution in [0.5, 0.6) is 0 Å². The lowest BCUT2D eigenvalue weighted by Gasteiger charge is -1.97. The van der Waals surface area contributed by atoms with Crippen molar-refractivity contribution in [1.82, 2.24) is 4.98 Å². The maximum absolute atomic E-state index is 11.9. The van der Waals surface area contributed by atoms with Crippen molar-refractivity contribution < 1.29 is 4.79 Å². The number of ketones is 1. The van der Waals surface area contributed by atoms with Gasteiger partial charge in [-0.25, -0.2) is 0 Å². The first-order valence-electron chi connectivity index (χ1n) is 4.70. The highest BCUT2D eigenvalue weighted by atomic mass is 32.1. The van der Waals surface area contributed by atoms with Gasteiger partial charge >= 0.3 is 0 Å². The van der Waals surface area contributed by atoms with Crippen LogP contribution in [0.4, 0.5) is 0 Å². The summed E-state index contributed by atoms with van der Waals surface area (Å²) in [4.78, 5) is 15.0. The molecule has 15 heavy (non-hydrogen) atoms. The van der Waals surface area contributed by atoms with E-state index in [2.05, 4.69) is 17.6 Å². The zero-order valence-electron chi connectivity index (χ0n) is 8.10. The molecular weight excluding hydrogens is 206 g/mol. The van der Waals surface area contributed by atoms with Crippen molar-refractivity contribution in [2.24, 2.45) is 0 Å². The molecular formula is C12H11NOS. The molecule has 0 amide bonds. The fourth-order valence-corrected chi connectivity index (χ4v) is 1.59. The molecule has 1 aromatic carbocycles. The Labute approximate surface area is 93.7 Å². The number of benzene rings is 1. The minimum absolute atomic E-state index is 0.0173. The lowest BCUT2D eigenvalue weighted by Crippen LogP contribution is -2.01. The average Bonchev–Trinajstić information content (AvgIpc) is 2.78. The third-order valence-electron chi connectivity index (χ3n) is 2.20. The molecule has 2 aromatic rings. The summed E-state index contributed by atoms with van der Waals surface area (Å²) in [7, 11) is 0. The van der Waals surface area contributed by atoms with Gasteiger partial charge in [0.15, 0.2) is 0 Å². The van der Waals surface area contributed by atoms with Gasteiger partial charge in [-0.05, 0) is 12.1 Å². The quantitative estimate of drug-likeness (QED) is 0.601. The van der Waals surface area contributed by atoms with Crippen molar-refractivity contribution in [1.29, 1.82) is 0 Å². The highest BCUT2D eigenvalue weighted by Crippen LogP contribution is 2.10. The third-order valence-corrected chi connectivity index (χ3v) is 2.54. The van der Waals surface area contributed by atoms with Gasteiger partial charge in [0.1, 0.15) is 0 Å². The van der Waals surface area contributed by atoms with Crippen LogP contribution in [0.15, 0.2) is 42.5 Å². The van der Waals surface area contributed by atoms with E-state index in [1.54, 1.807) is 6.07 Å². The Hall–Kier alpha value is -1.48. The van der Waals surface area contributed by atoms with E-state index in [9.17, 15) is 4.79 Å². The second-order valence-corrected chi connectivity index (χ2v) is 3.57. The summed E-state index contributed by atoms with van der Waals surface area (Å²) in [5, 5.41) is 0. The lowest BCUT2D eigenvalue weighted by molar-refractivity contribution is 0.103. The van der Waals surface area contributed by atoms with Crippen LogP contribution < -0.4 is 0 Å². The second-order valence-electron chi connectivity index (χ2n) is 3.25. The predicted octanol–water partition coefficient (Wildman–Crippen LogP) is 2.68. The molecule has 76 valence electrons. The van der Waals surface area contributed by atoms with Crippen molar-refractivity contribution in [3.8, 4) is 0 Å². The fraction of sp³-hybridized carbons (Fsp3) is 0.0833. The van der Waals surface area contributed by atoms with Gasteiger partial charge in [-0.1, -0.05) is 30.3 Å². The Kier molecular flexibility index (Phi) is 2.92. The van der Waals surface area contributed by atoms with Crippen molar-refractivity contribution in [2.75, 3.05) is 0 Å². The topological polar surface area (TPSA) is 32.9 Å². The van der Waals surface area contributed by atoms with Crippen molar-refractivity contribution in [3.63, 3.8) is 0 Å². The van der Waals surface area contributed by atoms with Crippen molar-refractivity contribution in [3.05, 3.63) is 59.4 Å². The van der Waals surface area contributed by atoms with Gasteiger partial charge in [-0.2, -0.15) is 12.6 Å². The first-order valence-corrected chi connectivity index (χ1v) is 5.33. The van der Waals surface area contributed by atoms with Gasteiger partial charge in [0.05, 0.1) is 5.69 Å². The standard InChI is InChI=1S/C12H11NOS/c14-12(9-4-2-1-3-5-9)11-7-6-10(8-15)13-11/h1-7,13,15H,8H2. The monoisotopic (exact) mass is 217 g/mol. The smallest absolute Gasteiger partial charge is 0.209 e. The Bertz CT molecular complexity index is 461. The number of thiol groups is 1. The van der Waals surface area contributed by atoms with E-state index < -0.39 is 0 Å². The van der Waals surface area contributed by atoms with Crippen molar-refractivity contribution >= 4 is 18.4 Å². The van der Waals surface area contributed by atoms with Gasteiger partial charge in [0, 0.05) is 17.0 Å². The zero-order valence-corrected chi connectivity index (χ0v) is 9.00. The van der Waals surface area contributed by atoms with Crippen LogP contribution in [-0.2, 0) is 5.75 Å². The van der Waals surface area contributed by atoms with Gasteiger partial charge in [0.25, 0.3) is 0 Å². The number of carbonyl (C=O) groups excluding carboxylic acids is 1. The Morgan fingerprint density at radius 1 is 1.13 bits per heavy atom. The molecule has 0 fully saturated rings. The van der Waals surface area contributed by atoms with E-state index in [4.69, 9.17) is 0 Å². The second kappa shape index (κ2) is 4.36. The SMILES string of the molecule is O=C(c1ccccc1)c1ccc(CS)[nH]1. The Balaban J connectivity index is 2.29. The van der Waals surface area contributed by atoms with Crippen LogP contribution >= 0.6 is 12.6 Å². The molecule has 3 heteroatoms. The largest absolute Gasteiger partial charge is 0.355 e. The van der Waals surface area contributed by atoms with Gasteiger partial charge in [0.2, 0.25) is 5.78 Å². The number of hydrogen-bond donors (Lipinski definition) is 2. The Morgan fingerprint density at radius 3 is 2.47 bits per heavy atom. The molecule has 0 aliphatic rings. The summed E-state index contributed by atoms with van der Waals surface area (Å²) in [6, 6.07) is 12.9. The van der Waals surface area contributed by atoms with Crippen LogP contribution in [0, 0.1) is 0 Å². The molecule has 0 unspecified atom stereocenters. The molecule has 2 nitrogen and oxygen atoms in total. The highest BCUT2D eigenvalue weighted by molar-refractivity contribution is 7.79. The average molecular weight is 217 g/mol. The summed E-state index contributed by atoms with van der Waals surface area (Å²) in [6.45, 7) is 0. The van der Waals surface area contributed by atoms with E-state index in [1.165, 1.54) is 0 Å². The summed E-state index contributed by atoms with van der Waals surface area (Å²) in [5.74, 6) is 0.630. The van der Waals surface area contributed by atoms with Gasteiger partial charge in [-0.15, -0.1) is 0 Å². The van der Waals surface area contributed by atoms with Crippen LogP contribution in [0.2, 0.25) is 0 Å². The first-order chi connectivity index (χ1) is 7.31. The van der Waals surface area contributed by atoms with Gasteiger partial charge < -0.3 is 4.98 Å². The van der Waals surface area contributed by atoms with Crippen LogP contribution in [-0.4, -0.2) is 10.8 Å². The molecule has 0 aliphatic heterocycles. The van der Waals surface area contributed by atoms with E-state index in [0.29, 0.717) is 17.0 Å². The third kappa shape index (κ3) is 2.13. The summed E-state index contributed by atoms with van der Waals surface area (Å²) in [6.07, 6.45) is 0. The van der Waals surface area contributed by atoms with E-state index in [-0.39, 0.29) is 5.78 Å². The van der Waals surface area contributed by atoms with Crippen LogP contribution in [0.1, 0.15) is 21.7 Å². The van der Waals surface area contributed by atoms with Crippen LogP contribution in [0.3, 0.4) is 0 Å². The zero-order chi connectivity index (χ0) is 10.7. The lowest BCUT2D eigenvalue weighted by atomic mass is 10.1. The highest BCUT2D eigenvalue weighted by Gasteiger charge is 2.09. The molecule has 0 saturated heterocycles. The molecule has 1 N–H and O–H groups in total. The normalized spacial score (nSPS) is 10.2. The molecule has 2 rings (SSSR count). The van der Waals surface area contributed by atoms with Crippen molar-refractivity contribution in [2.45, 2.75) is 5.75 Å². The minimum atomic E-state index is 0.0173. The molecule has 1 heterocycles. The van der Waals surface area contributed by atoms with Crippen LogP contribution in [0.25, 0.3) is 0 Å². The number of hydrogen-bond acceptors (Lipinski definition) is 2. The molecule has 1 aromatic heterocycles. The molecule has 0 atom stereocenters. The maximum atomic E-state index is 11.9. The van der Waals surface area contributed by atoms with E-state index in [0.717, 1.165) is 5.69 Å². The number of rotatable bonds is 3. The molecule has 0 bridgehead atoms. The molecule has 0 saturated carbocycles. The number of aromatic nitrogens is 1. The van der Waals surface area contributed by atoms with E-state index in [1.807, 2.05) is 36.4 Å². The van der Waals surface area contributed by atoms with Gasteiger partial charge in [-0.3, -0.25) is 4.79 Å². The summed E-state index contributed by atoms with van der Waals surface area (Å²) < 4.78 is 0. The van der Waals surface area contributed by atoms with E-state index >= 15 is 0 Å². The first kappa shape index (κ1) is 10.1. The number of aromatic amines is 1. The predicted molar refractivity (Wildman–Crippen MR) is 63.4 cm³/mol. The number of carbonyl (C=O) groups is 1. The molecule has 0 radical (unpaired) electrons. The summed E-state index contributed by atoms with van der Waals surface area (Å²) >= 11 is 4.14. The number of H-pyrrole nitrogens is 1. The maximum Gasteiger partial charge on any atom is 0.209 e. The minimum Gasteiger partial charge on any atom is -0.355 e. The fourth-order valence-electron chi connectivity index (χ4n) is 1.41.